The molecule has 8 nitrogen and oxygen atoms in total. The lowest BCUT2D eigenvalue weighted by Gasteiger charge is -2.26. The predicted octanol–water partition coefficient (Wildman–Crippen LogP) is 12.8. The summed E-state index contributed by atoms with van der Waals surface area (Å²) in [6.45, 7) is 1.88. The molecule has 0 saturated carbocycles. The average molecular weight is 837 g/mol. The van der Waals surface area contributed by atoms with Gasteiger partial charge < -0.3 is 4.57 Å². The highest BCUT2D eigenvalue weighted by Gasteiger charge is 2.31. The maximum atomic E-state index is 16.0. The number of imide groups is 1. The van der Waals surface area contributed by atoms with E-state index in [2.05, 4.69) is 16.7 Å². The van der Waals surface area contributed by atoms with Crippen LogP contribution in [0.3, 0.4) is 0 Å². The van der Waals surface area contributed by atoms with Gasteiger partial charge in [-0.3, -0.25) is 9.59 Å². The topological polar surface area (TPSA) is 116 Å². The Morgan fingerprint density at radius 2 is 0.985 bits per heavy atom. The maximum absolute atomic E-state index is 16.0. The van der Waals surface area contributed by atoms with E-state index < -0.39 is 5.91 Å². The molecule has 3 heterocycles. The highest BCUT2D eigenvalue weighted by molar-refractivity contribution is 6.23. The zero-order valence-electron chi connectivity index (χ0n) is 35.1. The minimum absolute atomic E-state index is 0.259. The van der Waals surface area contributed by atoms with E-state index in [9.17, 15) is 15.3 Å². The van der Waals surface area contributed by atoms with E-state index in [1.807, 2.05) is 177 Å². The quantitative estimate of drug-likeness (QED) is 0.134. The molecule has 10 aromatic rings. The van der Waals surface area contributed by atoms with Crippen LogP contribution in [0.2, 0.25) is 0 Å². The Kier molecular flexibility index (Phi) is 10.4. The van der Waals surface area contributed by atoms with Gasteiger partial charge in [0.05, 0.1) is 39.4 Å². The van der Waals surface area contributed by atoms with Crippen molar-refractivity contribution in [2.75, 3.05) is 4.90 Å². The molecule has 0 saturated heterocycles. The molecule has 0 N–H and O–H groups in total. The fourth-order valence-corrected chi connectivity index (χ4v) is 8.87. The van der Waals surface area contributed by atoms with E-state index in [0.29, 0.717) is 51.4 Å². The molecule has 2 amide bonds. The molecule has 306 valence electrons. The van der Waals surface area contributed by atoms with Crippen LogP contribution >= 0.6 is 0 Å². The number of benzene rings is 7. The second-order valence-corrected chi connectivity index (χ2v) is 15.5. The van der Waals surface area contributed by atoms with E-state index in [1.54, 1.807) is 24.3 Å². The number of rotatable bonds is 9. The van der Waals surface area contributed by atoms with Crippen molar-refractivity contribution < 1.29 is 9.59 Å². The van der Waals surface area contributed by atoms with Crippen molar-refractivity contribution in [1.82, 2.24) is 14.5 Å². The molecule has 0 aliphatic rings. The van der Waals surface area contributed by atoms with Crippen LogP contribution in [0, 0.1) is 29.6 Å². The largest absolute Gasteiger partial charge is 0.307 e. The third kappa shape index (κ3) is 7.08. The van der Waals surface area contributed by atoms with Crippen LogP contribution in [0.25, 0.3) is 83.4 Å². The Hall–Kier alpha value is -9.24. The third-order valence-corrected chi connectivity index (χ3v) is 11.7. The van der Waals surface area contributed by atoms with Crippen LogP contribution in [0.5, 0.6) is 0 Å². The van der Waals surface area contributed by atoms with Crippen molar-refractivity contribution in [3.63, 3.8) is 0 Å². The normalized spacial score (nSPS) is 10.9. The Morgan fingerprint density at radius 3 is 1.46 bits per heavy atom. The Labute approximate surface area is 375 Å². The monoisotopic (exact) mass is 836 g/mol. The van der Waals surface area contributed by atoms with Gasteiger partial charge in [-0.05, 0) is 77.2 Å². The number of hydrogen-bond donors (Lipinski definition) is 0. The van der Waals surface area contributed by atoms with Gasteiger partial charge in [0.2, 0.25) is 6.41 Å². The SMILES string of the molecule is Cc1cccc(-n2c3c(-c4cccc(C#N)n4)cccc3c3cccc(-c4cccc(C#N)n4)c32)c1C(=O)N(C=O)c1c(-c2ccccc2)cc(-c2ccccc2)cc1-c1ccccc1. The Morgan fingerprint density at radius 1 is 0.523 bits per heavy atom. The first-order chi connectivity index (χ1) is 32.0. The summed E-state index contributed by atoms with van der Waals surface area (Å²) in [5, 5.41) is 21.5. The molecule has 0 spiro atoms. The molecule has 0 bridgehead atoms. The minimum Gasteiger partial charge on any atom is -0.307 e. The number of aromatic nitrogens is 3. The van der Waals surface area contributed by atoms with E-state index >= 15 is 4.79 Å². The Bertz CT molecular complexity index is 3390. The summed E-state index contributed by atoms with van der Waals surface area (Å²) in [5.41, 5.74) is 11.4. The first kappa shape index (κ1) is 39.9. The second kappa shape index (κ2) is 16.9. The number of aryl methyl sites for hydroxylation is 1. The van der Waals surface area contributed by atoms with Crippen LogP contribution in [-0.2, 0) is 4.79 Å². The minimum atomic E-state index is -0.533. The lowest BCUT2D eigenvalue weighted by molar-refractivity contribution is -0.106. The number of anilines is 1. The van der Waals surface area contributed by atoms with E-state index in [1.165, 1.54) is 4.90 Å². The fraction of sp³-hybridized carbons (Fsp3) is 0.0175. The van der Waals surface area contributed by atoms with Gasteiger partial charge >= 0.3 is 0 Å². The number of fused-ring (bicyclic) bond motifs is 3. The molecular weight excluding hydrogens is 801 g/mol. The van der Waals surface area contributed by atoms with Crippen molar-refractivity contribution in [3.8, 4) is 73.7 Å². The number of para-hydroxylation sites is 2. The summed E-state index contributed by atoms with van der Waals surface area (Å²) in [5.74, 6) is -0.533. The molecule has 0 aliphatic carbocycles. The van der Waals surface area contributed by atoms with Crippen LogP contribution in [0.15, 0.2) is 194 Å². The number of hydrogen-bond acceptors (Lipinski definition) is 6. The van der Waals surface area contributed by atoms with Crippen LogP contribution < -0.4 is 4.90 Å². The summed E-state index contributed by atoms with van der Waals surface area (Å²) >= 11 is 0. The molecule has 0 atom stereocenters. The lowest BCUT2D eigenvalue weighted by atomic mass is 9.90. The first-order valence-corrected chi connectivity index (χ1v) is 21.0. The summed E-state index contributed by atoms with van der Waals surface area (Å²) in [7, 11) is 0. The van der Waals surface area contributed by atoms with Gasteiger partial charge in [-0.2, -0.15) is 10.5 Å². The van der Waals surface area contributed by atoms with Crippen molar-refractivity contribution in [2.24, 2.45) is 0 Å². The first-order valence-electron chi connectivity index (χ1n) is 21.0. The van der Waals surface area contributed by atoms with Gasteiger partial charge in [0.15, 0.2) is 0 Å². The second-order valence-electron chi connectivity index (χ2n) is 15.5. The predicted molar refractivity (Wildman–Crippen MR) is 257 cm³/mol. The van der Waals surface area contributed by atoms with Gasteiger partial charge in [0.1, 0.15) is 23.5 Å². The standard InChI is InChI=1S/C57H36N6O2/c1-37-16-11-31-52(63-55-44(25-14-27-46(55)50-29-12-23-42(34-58)60-50)45-26-15-28-47(56(45)63)51-30-13-24-43(35-59)61-51)53(37)57(65)62(36-64)54-48(39-19-7-3-8-20-39)32-41(38-17-5-2-6-18-38)33-49(54)40-21-9-4-10-22-40/h2-33,36H,1H3. The Balaban J connectivity index is 1.29. The van der Waals surface area contributed by atoms with Gasteiger partial charge in [-0.25, -0.2) is 14.9 Å². The number of pyridine rings is 2. The average Bonchev–Trinajstić information content (AvgIpc) is 3.72. The van der Waals surface area contributed by atoms with Crippen molar-refractivity contribution in [1.29, 1.82) is 10.5 Å². The van der Waals surface area contributed by atoms with Crippen LogP contribution in [0.4, 0.5) is 5.69 Å². The van der Waals surface area contributed by atoms with Gasteiger partial charge in [0, 0.05) is 33.0 Å². The van der Waals surface area contributed by atoms with E-state index in [-0.39, 0.29) is 11.4 Å². The molecule has 3 aromatic heterocycles. The van der Waals surface area contributed by atoms with Crippen LogP contribution in [-0.4, -0.2) is 26.9 Å². The lowest BCUT2D eigenvalue weighted by Crippen LogP contribution is -2.32. The number of nitriles is 2. The molecule has 7 aromatic carbocycles. The fourth-order valence-electron chi connectivity index (χ4n) is 8.87. The number of carbonyl (C=O) groups is 2. The van der Waals surface area contributed by atoms with Crippen molar-refractivity contribution >= 4 is 39.8 Å². The molecule has 0 radical (unpaired) electrons. The smallest absolute Gasteiger partial charge is 0.267 e. The van der Waals surface area contributed by atoms with Crippen LogP contribution in [0.1, 0.15) is 27.3 Å². The highest BCUT2D eigenvalue weighted by Crippen LogP contribution is 2.46. The number of amides is 2. The van der Waals surface area contributed by atoms with Gasteiger partial charge in [-0.15, -0.1) is 0 Å². The molecule has 0 fully saturated rings. The third-order valence-electron chi connectivity index (χ3n) is 11.7. The highest BCUT2D eigenvalue weighted by atomic mass is 16.2. The number of nitrogens with zero attached hydrogens (tertiary/aromatic N) is 6. The summed E-state index contributed by atoms with van der Waals surface area (Å²) in [6.07, 6.45) is 0.617. The zero-order valence-corrected chi connectivity index (χ0v) is 35.1. The van der Waals surface area contributed by atoms with E-state index in [4.69, 9.17) is 9.97 Å². The molecule has 0 aliphatic heterocycles. The molecule has 0 unspecified atom stereocenters. The summed E-state index contributed by atoms with van der Waals surface area (Å²) in [4.78, 5) is 40.7. The van der Waals surface area contributed by atoms with Crippen molar-refractivity contribution in [3.05, 3.63) is 217 Å². The van der Waals surface area contributed by atoms with Gasteiger partial charge in [0.25, 0.3) is 5.91 Å². The van der Waals surface area contributed by atoms with Gasteiger partial charge in [-0.1, -0.05) is 152 Å². The summed E-state index contributed by atoms with van der Waals surface area (Å²) < 4.78 is 2.05. The maximum Gasteiger partial charge on any atom is 0.267 e. The molecule has 10 rings (SSSR count). The van der Waals surface area contributed by atoms with E-state index in [0.717, 1.165) is 55.2 Å². The molecule has 8 heteroatoms. The zero-order chi connectivity index (χ0) is 44.4. The summed E-state index contributed by atoms with van der Waals surface area (Å²) in [6, 6.07) is 66.3. The molecular formula is C57H36N6O2. The van der Waals surface area contributed by atoms with Crippen molar-refractivity contribution in [2.45, 2.75) is 6.92 Å². The number of carbonyl (C=O) groups excluding carboxylic acids is 2. The molecule has 65 heavy (non-hydrogen) atoms.